The van der Waals surface area contributed by atoms with Gasteiger partial charge in [0.15, 0.2) is 0 Å². The molecule has 0 saturated heterocycles. The zero-order chi connectivity index (χ0) is 5.70. The highest BCUT2D eigenvalue weighted by molar-refractivity contribution is 5.56. The molecule has 0 heterocycles. The smallest absolute Gasteiger partial charge is 0.0933 e. The van der Waals surface area contributed by atoms with Crippen molar-refractivity contribution in [2.24, 2.45) is 5.73 Å². The van der Waals surface area contributed by atoms with Gasteiger partial charge in [0.25, 0.3) is 0 Å². The second-order valence-corrected chi connectivity index (χ2v) is 1.08. The van der Waals surface area contributed by atoms with Crippen LogP contribution in [-0.2, 0) is 0 Å². The summed E-state index contributed by atoms with van der Waals surface area (Å²) in [6.07, 6.45) is 3.38. The van der Waals surface area contributed by atoms with Crippen molar-refractivity contribution in [1.82, 2.24) is 0 Å². The number of nitrogens with two attached hydrogens (primary N) is 1. The molecular weight excluding hydrogens is 88.1 g/mol. The van der Waals surface area contributed by atoms with E-state index in [1.807, 2.05) is 12.8 Å². The van der Waals surface area contributed by atoms with Crippen LogP contribution in [0.15, 0.2) is 17.8 Å². The Bertz CT molecular complexity index is 118. The van der Waals surface area contributed by atoms with E-state index < -0.39 is 0 Å². The van der Waals surface area contributed by atoms with Crippen LogP contribution in [0.5, 0.6) is 0 Å². The summed E-state index contributed by atoms with van der Waals surface area (Å²) < 4.78 is 0. The van der Waals surface area contributed by atoms with Crippen LogP contribution >= 0.6 is 0 Å². The molecular formula is C5H8N2. The summed E-state index contributed by atoms with van der Waals surface area (Å²) in [5.41, 5.74) is 5.48. The van der Waals surface area contributed by atoms with Gasteiger partial charge in [-0.25, -0.2) is 0 Å². The summed E-state index contributed by atoms with van der Waals surface area (Å²) in [7, 11) is 0. The molecule has 0 aromatic carbocycles. The van der Waals surface area contributed by atoms with Gasteiger partial charge in [-0.15, -0.1) is 0 Å². The average Bonchev–Trinajstić information content (AvgIpc) is 1.68. The molecule has 0 radical (unpaired) electrons. The van der Waals surface area contributed by atoms with Crippen LogP contribution in [0.25, 0.3) is 0 Å². The minimum atomic E-state index is 0.363. The number of allylic oxidation sites excluding steroid dienone is 2. The lowest BCUT2D eigenvalue weighted by Gasteiger charge is -1.76. The third-order valence-electron chi connectivity index (χ3n) is 0.491. The number of nitrogens with one attached hydrogen (secondary N) is 1. The predicted octanol–water partition coefficient (Wildman–Crippen LogP) is 0.654. The summed E-state index contributed by atoms with van der Waals surface area (Å²) in [5.74, 6) is 2.02. The van der Waals surface area contributed by atoms with Gasteiger partial charge in [0.05, 0.1) is 5.70 Å². The molecule has 3 N–H and O–H groups in total. The highest BCUT2D eigenvalue weighted by atomic mass is 14.6. The normalized spacial score (nSPS) is 8.71. The van der Waals surface area contributed by atoms with Crippen LogP contribution in [0.2, 0.25) is 0 Å². The molecule has 7 heavy (non-hydrogen) atoms. The lowest BCUT2D eigenvalue weighted by atomic mass is 10.4. The van der Waals surface area contributed by atoms with E-state index in [1.54, 1.807) is 12.2 Å². The summed E-state index contributed by atoms with van der Waals surface area (Å²) in [6.45, 7) is 1.84. The maximum Gasteiger partial charge on any atom is 0.0933 e. The maximum atomic E-state index is 6.45. The van der Waals surface area contributed by atoms with Crippen molar-refractivity contribution in [2.75, 3.05) is 0 Å². The molecule has 0 aliphatic heterocycles. The van der Waals surface area contributed by atoms with Crippen LogP contribution in [0.4, 0.5) is 0 Å². The lowest BCUT2D eigenvalue weighted by Crippen LogP contribution is -1.91. The van der Waals surface area contributed by atoms with E-state index >= 15 is 0 Å². The van der Waals surface area contributed by atoms with Crippen molar-refractivity contribution < 1.29 is 0 Å². The van der Waals surface area contributed by atoms with Crippen molar-refractivity contribution in [3.63, 3.8) is 0 Å². The zero-order valence-corrected chi connectivity index (χ0v) is 4.23. The van der Waals surface area contributed by atoms with Gasteiger partial charge in [-0.1, -0.05) is 6.08 Å². The Morgan fingerprint density at radius 3 is 2.57 bits per heavy atom. The van der Waals surface area contributed by atoms with Crippen LogP contribution in [-0.4, -0.2) is 5.87 Å². The molecule has 0 unspecified atom stereocenters. The van der Waals surface area contributed by atoms with Gasteiger partial charge in [-0.05, 0) is 13.0 Å². The molecule has 0 aromatic heterocycles. The van der Waals surface area contributed by atoms with E-state index in [2.05, 4.69) is 0 Å². The SMILES string of the molecule is C/C=C/C(N)=C=N. The minimum Gasteiger partial charge on any atom is -0.391 e. The molecule has 0 rings (SSSR count). The average molecular weight is 96.1 g/mol. The Morgan fingerprint density at radius 2 is 2.43 bits per heavy atom. The third-order valence-corrected chi connectivity index (χ3v) is 0.491. The van der Waals surface area contributed by atoms with E-state index in [0.29, 0.717) is 5.70 Å². The van der Waals surface area contributed by atoms with Gasteiger partial charge in [-0.2, -0.15) is 0 Å². The second-order valence-electron chi connectivity index (χ2n) is 1.08. The van der Waals surface area contributed by atoms with Crippen LogP contribution in [0.1, 0.15) is 6.92 Å². The van der Waals surface area contributed by atoms with Crippen molar-refractivity contribution in [3.05, 3.63) is 17.8 Å². The summed E-state index contributed by atoms with van der Waals surface area (Å²) in [6, 6.07) is 0. The van der Waals surface area contributed by atoms with E-state index in [9.17, 15) is 0 Å². The fourth-order valence-electron chi connectivity index (χ4n) is 0.221. The fourth-order valence-corrected chi connectivity index (χ4v) is 0.221. The fraction of sp³-hybridized carbons (Fsp3) is 0.200. The van der Waals surface area contributed by atoms with Gasteiger partial charge in [0.1, 0.15) is 0 Å². The predicted molar refractivity (Wildman–Crippen MR) is 30.2 cm³/mol. The third kappa shape index (κ3) is 2.80. The molecule has 0 aromatic rings. The van der Waals surface area contributed by atoms with Gasteiger partial charge in [-0.3, -0.25) is 5.41 Å². The summed E-state index contributed by atoms with van der Waals surface area (Å²) in [5, 5.41) is 6.45. The Hall–Kier alpha value is -1.01. The van der Waals surface area contributed by atoms with Crippen molar-refractivity contribution >= 4 is 5.87 Å². The van der Waals surface area contributed by atoms with Gasteiger partial charge in [0, 0.05) is 5.87 Å². The highest BCUT2D eigenvalue weighted by Crippen LogP contribution is 1.75. The molecule has 0 saturated carbocycles. The first-order chi connectivity index (χ1) is 3.31. The molecule has 0 spiro atoms. The van der Waals surface area contributed by atoms with E-state index in [-0.39, 0.29) is 0 Å². The lowest BCUT2D eigenvalue weighted by molar-refractivity contribution is 1.44. The van der Waals surface area contributed by atoms with Crippen LogP contribution in [0.3, 0.4) is 0 Å². The topological polar surface area (TPSA) is 49.9 Å². The molecule has 2 nitrogen and oxygen atoms in total. The number of hydrogen-bond acceptors (Lipinski definition) is 2. The molecule has 38 valence electrons. The van der Waals surface area contributed by atoms with E-state index in [0.717, 1.165) is 0 Å². The minimum absolute atomic E-state index is 0.363. The number of hydrogen-bond donors (Lipinski definition) is 2. The first-order valence-electron chi connectivity index (χ1n) is 1.99. The van der Waals surface area contributed by atoms with E-state index in [4.69, 9.17) is 11.1 Å². The molecule has 0 fully saturated rings. The van der Waals surface area contributed by atoms with Crippen molar-refractivity contribution in [3.8, 4) is 0 Å². The standard InChI is InChI=1S/C5H8N2/c1-2-3-5(7)4-6/h2-3,6H,7H2,1H3/b3-2+. The molecule has 2 heteroatoms. The van der Waals surface area contributed by atoms with Crippen LogP contribution in [0, 0.1) is 5.41 Å². The van der Waals surface area contributed by atoms with Gasteiger partial charge >= 0.3 is 0 Å². The Labute approximate surface area is 42.8 Å². The van der Waals surface area contributed by atoms with Crippen molar-refractivity contribution in [2.45, 2.75) is 6.92 Å². The largest absolute Gasteiger partial charge is 0.391 e. The van der Waals surface area contributed by atoms with Crippen LogP contribution < -0.4 is 5.73 Å². The molecule has 0 atom stereocenters. The summed E-state index contributed by atoms with van der Waals surface area (Å²) in [4.78, 5) is 0. The zero-order valence-electron chi connectivity index (χ0n) is 4.23. The molecule has 0 amide bonds. The molecule has 0 aliphatic carbocycles. The quantitative estimate of drug-likeness (QED) is 0.365. The van der Waals surface area contributed by atoms with Gasteiger partial charge < -0.3 is 5.73 Å². The molecule has 0 aliphatic rings. The Kier molecular flexibility index (Phi) is 2.73. The molecule has 0 bridgehead atoms. The van der Waals surface area contributed by atoms with Crippen molar-refractivity contribution in [1.29, 1.82) is 5.41 Å². The maximum absolute atomic E-state index is 6.45. The number of rotatable bonds is 1. The monoisotopic (exact) mass is 96.1 g/mol. The van der Waals surface area contributed by atoms with Gasteiger partial charge in [0.2, 0.25) is 0 Å². The van der Waals surface area contributed by atoms with E-state index in [1.165, 1.54) is 0 Å². The Morgan fingerprint density at radius 1 is 1.86 bits per heavy atom. The first-order valence-corrected chi connectivity index (χ1v) is 1.99. The first kappa shape index (κ1) is 5.99. The Balaban J connectivity index is 3.83. The highest BCUT2D eigenvalue weighted by Gasteiger charge is 1.69. The summed E-state index contributed by atoms with van der Waals surface area (Å²) >= 11 is 0. The second kappa shape index (κ2) is 3.19.